The van der Waals surface area contributed by atoms with Gasteiger partial charge in [-0.2, -0.15) is 0 Å². The van der Waals surface area contributed by atoms with Gasteiger partial charge in [0.1, 0.15) is 0 Å². The molecule has 0 aromatic carbocycles. The minimum Gasteiger partial charge on any atom is -0.305 e. The molecule has 0 bridgehead atoms. The number of ketones is 1. The van der Waals surface area contributed by atoms with Crippen LogP contribution in [-0.2, 0) is 4.79 Å². The molecule has 1 aliphatic rings. The lowest BCUT2D eigenvalue weighted by Gasteiger charge is -2.23. The van der Waals surface area contributed by atoms with Gasteiger partial charge in [0.05, 0.1) is 6.54 Å². The Bertz CT molecular complexity index is 230. The summed E-state index contributed by atoms with van der Waals surface area (Å²) in [6.07, 6.45) is 1.18. The van der Waals surface area contributed by atoms with Gasteiger partial charge in [0.2, 0.25) is 0 Å². The molecule has 1 saturated heterocycles. The molecule has 0 amide bonds. The molecule has 1 fully saturated rings. The number of nitrogens with zero attached hydrogens (tertiary/aromatic N) is 2. The number of carbonyl (C=O) groups excluding carboxylic acids is 1. The van der Waals surface area contributed by atoms with E-state index in [1.165, 1.54) is 6.42 Å². The summed E-state index contributed by atoms with van der Waals surface area (Å²) in [5.74, 6) is 0.349. The van der Waals surface area contributed by atoms with Gasteiger partial charge in [-0.15, -0.1) is 0 Å². The Morgan fingerprint density at radius 3 is 2.40 bits per heavy atom. The van der Waals surface area contributed by atoms with E-state index in [2.05, 4.69) is 23.9 Å². The lowest BCUT2D eigenvalue weighted by molar-refractivity contribution is -0.127. The maximum atomic E-state index is 11.8. The van der Waals surface area contributed by atoms with Gasteiger partial charge >= 0.3 is 0 Å². The second-order valence-electron chi connectivity index (χ2n) is 5.81. The number of hydrogen-bond donors (Lipinski definition) is 0. The van der Waals surface area contributed by atoms with Crippen LogP contribution < -0.4 is 0 Å². The standard InChI is InChI=1S/C12H24N2O/c1-12(2,3)11(15)9-14-7-6-10(8-14)13(4)5/h10H,6-9H2,1-5H3. The summed E-state index contributed by atoms with van der Waals surface area (Å²) < 4.78 is 0. The molecule has 0 aromatic rings. The Morgan fingerprint density at radius 2 is 2.00 bits per heavy atom. The van der Waals surface area contributed by atoms with Gasteiger partial charge < -0.3 is 4.90 Å². The van der Waals surface area contributed by atoms with E-state index >= 15 is 0 Å². The predicted octanol–water partition coefficient (Wildman–Crippen LogP) is 1.24. The summed E-state index contributed by atoms with van der Waals surface area (Å²) >= 11 is 0. The molecular weight excluding hydrogens is 188 g/mol. The molecule has 1 heterocycles. The van der Waals surface area contributed by atoms with Crippen molar-refractivity contribution in [2.75, 3.05) is 33.7 Å². The maximum Gasteiger partial charge on any atom is 0.152 e. The molecule has 0 aliphatic carbocycles. The molecule has 1 aliphatic heterocycles. The van der Waals surface area contributed by atoms with Crippen LogP contribution in [-0.4, -0.2) is 55.4 Å². The van der Waals surface area contributed by atoms with Gasteiger partial charge in [0, 0.05) is 24.5 Å². The third-order valence-corrected chi connectivity index (χ3v) is 3.18. The number of hydrogen-bond acceptors (Lipinski definition) is 3. The average Bonchev–Trinajstić information content (AvgIpc) is 2.50. The lowest BCUT2D eigenvalue weighted by Crippen LogP contribution is -2.37. The SMILES string of the molecule is CN(C)C1CCN(CC(=O)C(C)(C)C)C1. The van der Waals surface area contributed by atoms with Crippen LogP contribution in [0.3, 0.4) is 0 Å². The van der Waals surface area contributed by atoms with Crippen molar-refractivity contribution in [1.82, 2.24) is 9.80 Å². The van der Waals surface area contributed by atoms with Crippen molar-refractivity contribution in [3.05, 3.63) is 0 Å². The number of carbonyl (C=O) groups is 1. The Kier molecular flexibility index (Phi) is 3.90. The van der Waals surface area contributed by atoms with Crippen molar-refractivity contribution < 1.29 is 4.79 Å². The molecule has 0 spiro atoms. The van der Waals surface area contributed by atoms with Crippen molar-refractivity contribution in [1.29, 1.82) is 0 Å². The first kappa shape index (κ1) is 12.7. The molecular formula is C12H24N2O. The van der Waals surface area contributed by atoms with E-state index in [1.54, 1.807) is 0 Å². The molecule has 1 atom stereocenters. The van der Waals surface area contributed by atoms with E-state index in [-0.39, 0.29) is 5.41 Å². The first-order chi connectivity index (χ1) is 6.80. The van der Waals surface area contributed by atoms with E-state index in [9.17, 15) is 4.79 Å². The van der Waals surface area contributed by atoms with Crippen molar-refractivity contribution in [3.8, 4) is 0 Å². The van der Waals surface area contributed by atoms with Gasteiger partial charge in [-0.05, 0) is 20.5 Å². The Labute approximate surface area is 93.4 Å². The van der Waals surface area contributed by atoms with Crippen LogP contribution in [0.5, 0.6) is 0 Å². The number of likely N-dealkylation sites (tertiary alicyclic amines) is 1. The van der Waals surface area contributed by atoms with Gasteiger partial charge in [0.15, 0.2) is 5.78 Å². The van der Waals surface area contributed by atoms with Crippen molar-refractivity contribution in [3.63, 3.8) is 0 Å². The molecule has 3 nitrogen and oxygen atoms in total. The average molecular weight is 212 g/mol. The highest BCUT2D eigenvalue weighted by molar-refractivity contribution is 5.85. The van der Waals surface area contributed by atoms with Crippen molar-refractivity contribution in [2.24, 2.45) is 5.41 Å². The minimum absolute atomic E-state index is 0.198. The molecule has 3 heteroatoms. The number of Topliss-reactive ketones (excluding diaryl/α,β-unsaturated/α-hetero) is 1. The summed E-state index contributed by atoms with van der Waals surface area (Å²) in [7, 11) is 4.22. The van der Waals surface area contributed by atoms with Crippen LogP contribution >= 0.6 is 0 Å². The fraction of sp³-hybridized carbons (Fsp3) is 0.917. The highest BCUT2D eigenvalue weighted by atomic mass is 16.1. The first-order valence-corrected chi connectivity index (χ1v) is 5.73. The second-order valence-corrected chi connectivity index (χ2v) is 5.81. The summed E-state index contributed by atoms with van der Waals surface area (Å²) in [6.45, 7) is 8.70. The Balaban J connectivity index is 2.40. The highest BCUT2D eigenvalue weighted by Crippen LogP contribution is 2.18. The monoisotopic (exact) mass is 212 g/mol. The summed E-state index contributed by atoms with van der Waals surface area (Å²) in [4.78, 5) is 16.4. The third-order valence-electron chi connectivity index (χ3n) is 3.18. The van der Waals surface area contributed by atoms with Crippen LogP contribution in [0.2, 0.25) is 0 Å². The predicted molar refractivity (Wildman–Crippen MR) is 63.0 cm³/mol. The van der Waals surface area contributed by atoms with E-state index in [4.69, 9.17) is 0 Å². The molecule has 88 valence electrons. The molecule has 0 saturated carbocycles. The van der Waals surface area contributed by atoms with E-state index in [0.717, 1.165) is 13.1 Å². The fourth-order valence-corrected chi connectivity index (χ4v) is 1.82. The van der Waals surface area contributed by atoms with Crippen LogP contribution in [0.1, 0.15) is 27.2 Å². The molecule has 0 N–H and O–H groups in total. The van der Waals surface area contributed by atoms with Crippen molar-refractivity contribution >= 4 is 5.78 Å². The second kappa shape index (κ2) is 4.62. The molecule has 1 unspecified atom stereocenters. The van der Waals surface area contributed by atoms with Crippen LogP contribution in [0.25, 0.3) is 0 Å². The number of likely N-dealkylation sites (N-methyl/N-ethyl adjacent to an activating group) is 1. The summed E-state index contributed by atoms with van der Waals surface area (Å²) in [5.41, 5.74) is -0.198. The highest BCUT2D eigenvalue weighted by Gasteiger charge is 2.28. The van der Waals surface area contributed by atoms with Gasteiger partial charge in [-0.1, -0.05) is 20.8 Å². The third kappa shape index (κ3) is 3.58. The minimum atomic E-state index is -0.198. The zero-order chi connectivity index (χ0) is 11.6. The molecule has 0 radical (unpaired) electrons. The maximum absolute atomic E-state index is 11.8. The van der Waals surface area contributed by atoms with Crippen LogP contribution in [0.4, 0.5) is 0 Å². The molecule has 1 rings (SSSR count). The van der Waals surface area contributed by atoms with Gasteiger partial charge in [0.25, 0.3) is 0 Å². The molecule has 0 aromatic heterocycles. The van der Waals surface area contributed by atoms with Gasteiger partial charge in [-0.25, -0.2) is 0 Å². The topological polar surface area (TPSA) is 23.6 Å². The van der Waals surface area contributed by atoms with Crippen LogP contribution in [0.15, 0.2) is 0 Å². The fourth-order valence-electron chi connectivity index (χ4n) is 1.82. The van der Waals surface area contributed by atoms with Gasteiger partial charge in [-0.3, -0.25) is 9.69 Å². The van der Waals surface area contributed by atoms with Crippen LogP contribution in [0, 0.1) is 5.41 Å². The van der Waals surface area contributed by atoms with E-state index in [1.807, 2.05) is 20.8 Å². The summed E-state index contributed by atoms with van der Waals surface area (Å²) in [6, 6.07) is 0.623. The Hall–Kier alpha value is -0.410. The zero-order valence-corrected chi connectivity index (χ0v) is 10.7. The normalized spacial score (nSPS) is 23.7. The Morgan fingerprint density at radius 1 is 1.40 bits per heavy atom. The van der Waals surface area contributed by atoms with E-state index < -0.39 is 0 Å². The largest absolute Gasteiger partial charge is 0.305 e. The molecule has 15 heavy (non-hydrogen) atoms. The quantitative estimate of drug-likeness (QED) is 0.703. The van der Waals surface area contributed by atoms with Crippen molar-refractivity contribution in [2.45, 2.75) is 33.2 Å². The lowest BCUT2D eigenvalue weighted by atomic mass is 9.90. The number of rotatable bonds is 3. The van der Waals surface area contributed by atoms with E-state index in [0.29, 0.717) is 18.4 Å². The zero-order valence-electron chi connectivity index (χ0n) is 10.7. The smallest absolute Gasteiger partial charge is 0.152 e. The summed E-state index contributed by atoms with van der Waals surface area (Å²) in [5, 5.41) is 0. The first-order valence-electron chi connectivity index (χ1n) is 5.73.